The van der Waals surface area contributed by atoms with Crippen LogP contribution in [0.3, 0.4) is 0 Å². The number of rotatable bonds is 7. The van der Waals surface area contributed by atoms with Gasteiger partial charge >= 0.3 is 0 Å². The zero-order chi connectivity index (χ0) is 21.8. The first kappa shape index (κ1) is 20.9. The lowest BCUT2D eigenvalue weighted by atomic mass is 10.2. The van der Waals surface area contributed by atoms with Crippen LogP contribution in [0.4, 0.5) is 0 Å². The SMILES string of the molecule is CSc1nnc(CNC(=O)c2cccc(-n3nc(C)cc3C)c2)n1Cc1ccccc1. The largest absolute Gasteiger partial charge is 0.345 e. The van der Waals surface area contributed by atoms with Crippen LogP contribution in [-0.4, -0.2) is 36.7 Å². The van der Waals surface area contributed by atoms with E-state index in [1.165, 1.54) is 11.8 Å². The van der Waals surface area contributed by atoms with Gasteiger partial charge in [0.2, 0.25) is 0 Å². The minimum Gasteiger partial charge on any atom is -0.345 e. The zero-order valence-electron chi connectivity index (χ0n) is 17.7. The Bertz CT molecular complexity index is 1200. The predicted octanol–water partition coefficient (Wildman–Crippen LogP) is 3.78. The van der Waals surface area contributed by atoms with Crippen LogP contribution in [0.25, 0.3) is 5.69 Å². The molecule has 1 N–H and O–H groups in total. The Labute approximate surface area is 185 Å². The zero-order valence-corrected chi connectivity index (χ0v) is 18.6. The number of aromatic nitrogens is 5. The Morgan fingerprint density at radius 1 is 1.03 bits per heavy atom. The van der Waals surface area contributed by atoms with Crippen molar-refractivity contribution in [2.75, 3.05) is 6.26 Å². The summed E-state index contributed by atoms with van der Waals surface area (Å²) in [4.78, 5) is 12.8. The molecule has 7 nitrogen and oxygen atoms in total. The van der Waals surface area contributed by atoms with E-state index in [2.05, 4.69) is 32.7 Å². The number of nitrogens with zero attached hydrogens (tertiary/aromatic N) is 5. The Morgan fingerprint density at radius 2 is 1.84 bits per heavy atom. The molecule has 4 aromatic rings. The van der Waals surface area contributed by atoms with E-state index in [0.29, 0.717) is 18.7 Å². The summed E-state index contributed by atoms with van der Waals surface area (Å²) in [5, 5.41) is 16.8. The Kier molecular flexibility index (Phi) is 6.18. The number of aryl methyl sites for hydroxylation is 2. The first-order chi connectivity index (χ1) is 15.0. The Morgan fingerprint density at radius 3 is 2.55 bits per heavy atom. The van der Waals surface area contributed by atoms with Crippen molar-refractivity contribution in [1.82, 2.24) is 29.9 Å². The van der Waals surface area contributed by atoms with E-state index in [1.54, 1.807) is 6.07 Å². The fourth-order valence-electron chi connectivity index (χ4n) is 3.46. The molecule has 2 heterocycles. The lowest BCUT2D eigenvalue weighted by molar-refractivity contribution is 0.0949. The number of hydrogen-bond acceptors (Lipinski definition) is 5. The van der Waals surface area contributed by atoms with Gasteiger partial charge in [-0.3, -0.25) is 4.79 Å². The normalized spacial score (nSPS) is 10.9. The molecule has 0 aliphatic carbocycles. The Hall–Kier alpha value is -3.39. The first-order valence-corrected chi connectivity index (χ1v) is 11.2. The topological polar surface area (TPSA) is 77.6 Å². The second-order valence-corrected chi connectivity index (χ2v) is 8.02. The fourth-order valence-corrected chi connectivity index (χ4v) is 3.97. The number of hydrogen-bond donors (Lipinski definition) is 1. The van der Waals surface area contributed by atoms with E-state index in [-0.39, 0.29) is 5.91 Å². The van der Waals surface area contributed by atoms with Crippen molar-refractivity contribution in [1.29, 1.82) is 0 Å². The van der Waals surface area contributed by atoms with Crippen molar-refractivity contribution in [3.05, 3.63) is 89.0 Å². The molecule has 4 rings (SSSR count). The average Bonchev–Trinajstić information content (AvgIpc) is 3.34. The van der Waals surface area contributed by atoms with Crippen LogP contribution in [-0.2, 0) is 13.1 Å². The van der Waals surface area contributed by atoms with Crippen molar-refractivity contribution >= 4 is 17.7 Å². The number of carbonyl (C=O) groups excluding carboxylic acids is 1. The lowest BCUT2D eigenvalue weighted by Gasteiger charge is -2.11. The van der Waals surface area contributed by atoms with Gasteiger partial charge in [0.25, 0.3) is 5.91 Å². The van der Waals surface area contributed by atoms with Gasteiger partial charge in [0, 0.05) is 11.3 Å². The van der Waals surface area contributed by atoms with Gasteiger partial charge in [-0.2, -0.15) is 5.10 Å². The maximum Gasteiger partial charge on any atom is 0.251 e. The van der Waals surface area contributed by atoms with Gasteiger partial charge < -0.3 is 9.88 Å². The summed E-state index contributed by atoms with van der Waals surface area (Å²) >= 11 is 1.54. The monoisotopic (exact) mass is 432 g/mol. The number of benzene rings is 2. The third-order valence-electron chi connectivity index (χ3n) is 4.93. The van der Waals surface area contributed by atoms with Crippen molar-refractivity contribution in [3.63, 3.8) is 0 Å². The maximum absolute atomic E-state index is 12.8. The molecule has 0 radical (unpaired) electrons. The summed E-state index contributed by atoms with van der Waals surface area (Å²) in [7, 11) is 0. The highest BCUT2D eigenvalue weighted by molar-refractivity contribution is 7.98. The van der Waals surface area contributed by atoms with Gasteiger partial charge in [0.1, 0.15) is 0 Å². The molecule has 0 saturated carbocycles. The van der Waals surface area contributed by atoms with Crippen LogP contribution in [0, 0.1) is 13.8 Å². The van der Waals surface area contributed by atoms with E-state index >= 15 is 0 Å². The average molecular weight is 433 g/mol. The molecule has 0 bridgehead atoms. The van der Waals surface area contributed by atoms with E-state index in [9.17, 15) is 4.79 Å². The molecule has 0 unspecified atom stereocenters. The molecule has 2 aromatic carbocycles. The van der Waals surface area contributed by atoms with Crippen LogP contribution in [0.2, 0.25) is 0 Å². The van der Waals surface area contributed by atoms with Crippen LogP contribution >= 0.6 is 11.8 Å². The number of carbonyl (C=O) groups is 1. The van der Waals surface area contributed by atoms with E-state index in [0.717, 1.165) is 33.6 Å². The molecule has 1 amide bonds. The molecular formula is C23H24N6OS. The first-order valence-electron chi connectivity index (χ1n) is 9.97. The summed E-state index contributed by atoms with van der Waals surface area (Å²) in [6.45, 7) is 4.90. The molecule has 0 aliphatic rings. The minimum atomic E-state index is -0.164. The maximum atomic E-state index is 12.8. The standard InChI is InChI=1S/C23H24N6OS/c1-16-12-17(2)29(27-16)20-11-7-10-19(13-20)22(30)24-14-21-25-26-23(31-3)28(21)15-18-8-5-4-6-9-18/h4-13H,14-15H2,1-3H3,(H,24,30). The Balaban J connectivity index is 1.50. The summed E-state index contributed by atoms with van der Waals surface area (Å²) < 4.78 is 3.87. The van der Waals surface area contributed by atoms with Crippen molar-refractivity contribution in [3.8, 4) is 5.69 Å². The molecule has 0 aliphatic heterocycles. The molecule has 2 aromatic heterocycles. The molecule has 0 spiro atoms. The molecular weight excluding hydrogens is 408 g/mol. The molecule has 158 valence electrons. The fraction of sp³-hybridized carbons (Fsp3) is 0.217. The van der Waals surface area contributed by atoms with Gasteiger partial charge in [0.05, 0.1) is 24.5 Å². The molecule has 0 saturated heterocycles. The van der Waals surface area contributed by atoms with Gasteiger partial charge in [-0.15, -0.1) is 10.2 Å². The highest BCUT2D eigenvalue weighted by Crippen LogP contribution is 2.17. The molecule has 31 heavy (non-hydrogen) atoms. The van der Waals surface area contributed by atoms with Gasteiger partial charge in [-0.25, -0.2) is 4.68 Å². The van der Waals surface area contributed by atoms with E-state index in [4.69, 9.17) is 0 Å². The third kappa shape index (κ3) is 4.69. The van der Waals surface area contributed by atoms with Gasteiger partial charge in [-0.05, 0) is 49.9 Å². The van der Waals surface area contributed by atoms with E-state index < -0.39 is 0 Å². The van der Waals surface area contributed by atoms with Crippen LogP contribution in [0.15, 0.2) is 65.8 Å². The number of amides is 1. The predicted molar refractivity (Wildman–Crippen MR) is 122 cm³/mol. The van der Waals surface area contributed by atoms with Gasteiger partial charge in [-0.1, -0.05) is 48.2 Å². The van der Waals surface area contributed by atoms with E-state index in [1.807, 2.05) is 71.8 Å². The summed E-state index contributed by atoms with van der Waals surface area (Å²) in [6, 6.07) is 19.6. The second kappa shape index (κ2) is 9.18. The molecule has 8 heteroatoms. The third-order valence-corrected chi connectivity index (χ3v) is 5.60. The highest BCUT2D eigenvalue weighted by Gasteiger charge is 2.14. The molecule has 0 atom stereocenters. The van der Waals surface area contributed by atoms with Crippen molar-refractivity contribution in [2.45, 2.75) is 32.1 Å². The summed E-state index contributed by atoms with van der Waals surface area (Å²) in [6.07, 6.45) is 1.97. The van der Waals surface area contributed by atoms with Crippen molar-refractivity contribution < 1.29 is 4.79 Å². The van der Waals surface area contributed by atoms with Crippen LogP contribution in [0.1, 0.15) is 33.1 Å². The minimum absolute atomic E-state index is 0.164. The number of nitrogens with one attached hydrogen (secondary N) is 1. The van der Waals surface area contributed by atoms with Gasteiger partial charge in [0.15, 0.2) is 11.0 Å². The van der Waals surface area contributed by atoms with Crippen LogP contribution in [0.5, 0.6) is 0 Å². The summed E-state index contributed by atoms with van der Waals surface area (Å²) in [5.41, 5.74) is 4.55. The second-order valence-electron chi connectivity index (χ2n) is 7.25. The molecule has 0 fully saturated rings. The smallest absolute Gasteiger partial charge is 0.251 e. The lowest BCUT2D eigenvalue weighted by Crippen LogP contribution is -2.25. The van der Waals surface area contributed by atoms with Crippen molar-refractivity contribution in [2.24, 2.45) is 0 Å². The quantitative estimate of drug-likeness (QED) is 0.450. The summed E-state index contributed by atoms with van der Waals surface area (Å²) in [5.74, 6) is 0.555. The van der Waals surface area contributed by atoms with Crippen LogP contribution < -0.4 is 5.32 Å². The highest BCUT2D eigenvalue weighted by atomic mass is 32.2. The number of thioether (sulfide) groups is 1.